The lowest BCUT2D eigenvalue weighted by molar-refractivity contribution is 0.104. The third-order valence-corrected chi connectivity index (χ3v) is 4.44. The molecule has 0 aromatic heterocycles. The van der Waals surface area contributed by atoms with Gasteiger partial charge in [-0.05, 0) is 36.2 Å². The van der Waals surface area contributed by atoms with Gasteiger partial charge in [-0.1, -0.05) is 60.7 Å². The van der Waals surface area contributed by atoms with E-state index >= 15 is 0 Å². The lowest BCUT2D eigenvalue weighted by Crippen LogP contribution is -2.33. The van der Waals surface area contributed by atoms with Crippen LogP contribution >= 0.6 is 0 Å². The van der Waals surface area contributed by atoms with Crippen LogP contribution in [0.25, 0.3) is 11.1 Å². The van der Waals surface area contributed by atoms with Crippen molar-refractivity contribution < 1.29 is 14.2 Å². The van der Waals surface area contributed by atoms with E-state index in [1.165, 1.54) is 6.07 Å². The third kappa shape index (κ3) is 5.39. The van der Waals surface area contributed by atoms with E-state index in [9.17, 15) is 9.50 Å². The first-order valence-corrected chi connectivity index (χ1v) is 9.07. The van der Waals surface area contributed by atoms with Crippen LogP contribution in [-0.4, -0.2) is 24.4 Å². The maximum atomic E-state index is 13.8. The molecule has 0 aliphatic rings. The molecule has 2 atom stereocenters. The van der Waals surface area contributed by atoms with E-state index in [-0.39, 0.29) is 18.5 Å². The Morgan fingerprint density at radius 2 is 1.52 bits per heavy atom. The van der Waals surface area contributed by atoms with E-state index in [2.05, 4.69) is 17.4 Å². The minimum atomic E-state index is -0.687. The fourth-order valence-electron chi connectivity index (χ4n) is 2.87. The molecule has 0 amide bonds. The Kier molecular flexibility index (Phi) is 6.58. The minimum Gasteiger partial charge on any atom is -0.491 e. The summed E-state index contributed by atoms with van der Waals surface area (Å²) in [7, 11) is 0. The van der Waals surface area contributed by atoms with Crippen LogP contribution in [0.5, 0.6) is 5.75 Å². The second kappa shape index (κ2) is 9.31. The summed E-state index contributed by atoms with van der Waals surface area (Å²) in [5.74, 6) is 0.456. The molecule has 2 unspecified atom stereocenters. The predicted molar refractivity (Wildman–Crippen MR) is 106 cm³/mol. The molecule has 3 nitrogen and oxygen atoms in total. The summed E-state index contributed by atoms with van der Waals surface area (Å²) in [5.41, 5.74) is 2.85. The number of aliphatic hydroxyl groups is 1. The largest absolute Gasteiger partial charge is 0.491 e. The Morgan fingerprint density at radius 1 is 0.889 bits per heavy atom. The van der Waals surface area contributed by atoms with Gasteiger partial charge in [-0.15, -0.1) is 0 Å². The van der Waals surface area contributed by atoms with Crippen LogP contribution in [0.3, 0.4) is 0 Å². The van der Waals surface area contributed by atoms with E-state index in [1.54, 1.807) is 18.2 Å². The first kappa shape index (κ1) is 19.1. The number of aliphatic hydroxyl groups excluding tert-OH is 1. The van der Waals surface area contributed by atoms with Crippen molar-refractivity contribution in [3.8, 4) is 16.9 Å². The molecule has 0 fully saturated rings. The van der Waals surface area contributed by atoms with E-state index < -0.39 is 6.10 Å². The molecule has 0 spiro atoms. The topological polar surface area (TPSA) is 41.5 Å². The first-order chi connectivity index (χ1) is 13.1. The number of ether oxygens (including phenoxy) is 1. The van der Waals surface area contributed by atoms with Gasteiger partial charge in [0.05, 0.1) is 0 Å². The highest BCUT2D eigenvalue weighted by atomic mass is 19.1. The molecular weight excluding hydrogens is 341 g/mol. The average molecular weight is 365 g/mol. The van der Waals surface area contributed by atoms with E-state index in [0.29, 0.717) is 17.9 Å². The summed E-state index contributed by atoms with van der Waals surface area (Å²) >= 11 is 0. The van der Waals surface area contributed by atoms with Crippen molar-refractivity contribution >= 4 is 0 Å². The Bertz CT molecular complexity index is 837. The van der Waals surface area contributed by atoms with Gasteiger partial charge in [0, 0.05) is 18.2 Å². The fraction of sp³-hybridized carbons (Fsp3) is 0.217. The second-order valence-corrected chi connectivity index (χ2v) is 6.51. The molecule has 3 rings (SSSR count). The summed E-state index contributed by atoms with van der Waals surface area (Å²) < 4.78 is 19.4. The number of benzene rings is 3. The summed E-state index contributed by atoms with van der Waals surface area (Å²) in [4.78, 5) is 0. The number of halogens is 1. The molecule has 0 bridgehead atoms. The molecule has 4 heteroatoms. The third-order valence-electron chi connectivity index (χ3n) is 4.44. The smallest absolute Gasteiger partial charge is 0.127 e. The molecule has 2 N–H and O–H groups in total. The van der Waals surface area contributed by atoms with Crippen molar-refractivity contribution in [2.24, 2.45) is 0 Å². The van der Waals surface area contributed by atoms with Crippen LogP contribution in [-0.2, 0) is 0 Å². The second-order valence-electron chi connectivity index (χ2n) is 6.51. The molecule has 140 valence electrons. The van der Waals surface area contributed by atoms with E-state index in [1.807, 2.05) is 49.4 Å². The molecule has 0 aliphatic carbocycles. The van der Waals surface area contributed by atoms with Gasteiger partial charge in [-0.25, -0.2) is 4.39 Å². The molecule has 3 aromatic rings. The lowest BCUT2D eigenvalue weighted by Gasteiger charge is -2.18. The number of hydrogen-bond acceptors (Lipinski definition) is 3. The van der Waals surface area contributed by atoms with Gasteiger partial charge in [0.15, 0.2) is 0 Å². The van der Waals surface area contributed by atoms with Crippen LogP contribution in [0.2, 0.25) is 0 Å². The zero-order valence-electron chi connectivity index (χ0n) is 15.3. The zero-order valence-corrected chi connectivity index (χ0v) is 15.3. The maximum absolute atomic E-state index is 13.8. The molecule has 0 saturated heterocycles. The molecule has 0 saturated carbocycles. The molecule has 3 aromatic carbocycles. The molecular formula is C23H24FNO2. The first-order valence-electron chi connectivity index (χ1n) is 9.07. The van der Waals surface area contributed by atoms with Gasteiger partial charge in [0.1, 0.15) is 24.3 Å². The molecule has 0 heterocycles. The van der Waals surface area contributed by atoms with Gasteiger partial charge in [0.25, 0.3) is 0 Å². The van der Waals surface area contributed by atoms with Gasteiger partial charge in [0.2, 0.25) is 0 Å². The van der Waals surface area contributed by atoms with Crippen molar-refractivity contribution in [1.82, 2.24) is 5.32 Å². The predicted octanol–water partition coefficient (Wildman–Crippen LogP) is 4.58. The standard InChI is InChI=1S/C23H24FNO2/c1-17(22-9-5-6-10-23(22)24)25-15-20(26)16-27-21-13-11-19(12-14-21)18-7-3-2-4-8-18/h2-14,17,20,25-26H,15-16H2,1H3. The Labute approximate surface area is 159 Å². The summed E-state index contributed by atoms with van der Waals surface area (Å²) in [5, 5.41) is 13.3. The quantitative estimate of drug-likeness (QED) is 0.614. The monoisotopic (exact) mass is 365 g/mol. The van der Waals surface area contributed by atoms with Crippen LogP contribution in [0.1, 0.15) is 18.5 Å². The SMILES string of the molecule is CC(NCC(O)COc1ccc(-c2ccccc2)cc1)c1ccccc1F. The van der Waals surface area contributed by atoms with Crippen molar-refractivity contribution in [3.63, 3.8) is 0 Å². The van der Waals surface area contributed by atoms with E-state index in [4.69, 9.17) is 4.74 Å². The fourth-order valence-corrected chi connectivity index (χ4v) is 2.87. The maximum Gasteiger partial charge on any atom is 0.127 e. The van der Waals surface area contributed by atoms with Crippen molar-refractivity contribution in [2.75, 3.05) is 13.2 Å². The van der Waals surface area contributed by atoms with Crippen LogP contribution in [0.4, 0.5) is 4.39 Å². The number of rotatable bonds is 8. The Balaban J connectivity index is 1.46. The number of hydrogen-bond donors (Lipinski definition) is 2. The van der Waals surface area contributed by atoms with Gasteiger partial charge in [-0.3, -0.25) is 0 Å². The van der Waals surface area contributed by atoms with Crippen molar-refractivity contribution in [2.45, 2.75) is 19.1 Å². The van der Waals surface area contributed by atoms with Crippen molar-refractivity contribution in [1.29, 1.82) is 0 Å². The highest BCUT2D eigenvalue weighted by Crippen LogP contribution is 2.22. The highest BCUT2D eigenvalue weighted by molar-refractivity contribution is 5.63. The van der Waals surface area contributed by atoms with E-state index in [0.717, 1.165) is 11.1 Å². The minimum absolute atomic E-state index is 0.168. The van der Waals surface area contributed by atoms with Crippen LogP contribution < -0.4 is 10.1 Å². The molecule has 0 radical (unpaired) electrons. The Morgan fingerprint density at radius 3 is 2.22 bits per heavy atom. The van der Waals surface area contributed by atoms with Crippen LogP contribution in [0, 0.1) is 5.82 Å². The van der Waals surface area contributed by atoms with Crippen LogP contribution in [0.15, 0.2) is 78.9 Å². The van der Waals surface area contributed by atoms with Gasteiger partial charge in [-0.2, -0.15) is 0 Å². The summed E-state index contributed by atoms with van der Waals surface area (Å²) in [6.07, 6.45) is -0.687. The molecule has 27 heavy (non-hydrogen) atoms. The highest BCUT2D eigenvalue weighted by Gasteiger charge is 2.12. The summed E-state index contributed by atoms with van der Waals surface area (Å²) in [6.45, 7) is 2.35. The normalized spacial score (nSPS) is 13.1. The van der Waals surface area contributed by atoms with Gasteiger partial charge >= 0.3 is 0 Å². The Hall–Kier alpha value is -2.69. The zero-order chi connectivity index (χ0) is 19.1. The lowest BCUT2D eigenvalue weighted by atomic mass is 10.1. The summed E-state index contributed by atoms with van der Waals surface area (Å²) in [6, 6.07) is 24.3. The number of nitrogens with one attached hydrogen (secondary N) is 1. The van der Waals surface area contributed by atoms with Gasteiger partial charge < -0.3 is 15.2 Å². The average Bonchev–Trinajstić information content (AvgIpc) is 2.72. The molecule has 0 aliphatic heterocycles. The van der Waals surface area contributed by atoms with Crippen molar-refractivity contribution in [3.05, 3.63) is 90.2 Å².